The van der Waals surface area contributed by atoms with Crippen molar-refractivity contribution in [3.63, 3.8) is 0 Å². The predicted molar refractivity (Wildman–Crippen MR) is 45.5 cm³/mol. The van der Waals surface area contributed by atoms with Gasteiger partial charge in [0.1, 0.15) is 0 Å². The Morgan fingerprint density at radius 2 is 1.75 bits per heavy atom. The van der Waals surface area contributed by atoms with E-state index in [4.69, 9.17) is 4.74 Å². The molecule has 0 aromatic carbocycles. The molecule has 1 aliphatic rings. The fourth-order valence-corrected chi connectivity index (χ4v) is 1.76. The highest BCUT2D eigenvalue weighted by Crippen LogP contribution is 2.30. The smallest absolute Gasteiger partial charge is 0.159 e. The zero-order valence-electron chi connectivity index (χ0n) is 7.90. The topological polar surface area (TPSA) is 49.7 Å². The van der Waals surface area contributed by atoms with Gasteiger partial charge in [-0.05, 0) is 6.42 Å². The SMILES string of the molecule is CC[C@@H]1OC(O)[C@H](C)[C@H](O)[C@H]1C. The first kappa shape index (κ1) is 9.96. The van der Waals surface area contributed by atoms with Crippen LogP contribution < -0.4 is 0 Å². The van der Waals surface area contributed by atoms with Gasteiger partial charge in [-0.2, -0.15) is 0 Å². The van der Waals surface area contributed by atoms with E-state index in [-0.39, 0.29) is 17.9 Å². The summed E-state index contributed by atoms with van der Waals surface area (Å²) in [6.07, 6.45) is -0.423. The molecule has 0 aromatic heterocycles. The van der Waals surface area contributed by atoms with Crippen molar-refractivity contribution in [2.75, 3.05) is 0 Å². The monoisotopic (exact) mass is 174 g/mol. The second-order valence-electron chi connectivity index (χ2n) is 3.68. The average Bonchev–Trinajstić information content (AvgIpc) is 2.08. The van der Waals surface area contributed by atoms with Crippen LogP contribution in [0, 0.1) is 11.8 Å². The molecule has 0 aromatic rings. The first-order valence-corrected chi connectivity index (χ1v) is 4.59. The molecule has 1 fully saturated rings. The third-order valence-corrected chi connectivity index (χ3v) is 2.83. The van der Waals surface area contributed by atoms with Gasteiger partial charge >= 0.3 is 0 Å². The van der Waals surface area contributed by atoms with E-state index in [1.807, 2.05) is 13.8 Å². The largest absolute Gasteiger partial charge is 0.392 e. The first-order valence-electron chi connectivity index (χ1n) is 4.59. The molecule has 2 N–H and O–H groups in total. The number of aliphatic hydroxyl groups excluding tert-OH is 2. The zero-order chi connectivity index (χ0) is 9.30. The summed E-state index contributed by atoms with van der Waals surface area (Å²) in [7, 11) is 0. The minimum Gasteiger partial charge on any atom is -0.392 e. The molecule has 3 nitrogen and oxygen atoms in total. The van der Waals surface area contributed by atoms with Crippen molar-refractivity contribution >= 4 is 0 Å². The van der Waals surface area contributed by atoms with Crippen LogP contribution in [0.3, 0.4) is 0 Å². The van der Waals surface area contributed by atoms with E-state index in [2.05, 4.69) is 0 Å². The van der Waals surface area contributed by atoms with Crippen LogP contribution in [0.25, 0.3) is 0 Å². The molecule has 1 heterocycles. The standard InChI is InChI=1S/C9H18O3/c1-4-7-5(2)8(10)6(3)9(11)12-7/h5-11H,4H2,1-3H3/t5-,6+,7-,8+,9?/m0/s1. The Balaban J connectivity index is 2.63. The third-order valence-electron chi connectivity index (χ3n) is 2.83. The molecule has 1 aliphatic heterocycles. The van der Waals surface area contributed by atoms with E-state index in [9.17, 15) is 10.2 Å². The van der Waals surface area contributed by atoms with E-state index >= 15 is 0 Å². The fourth-order valence-electron chi connectivity index (χ4n) is 1.76. The van der Waals surface area contributed by atoms with Gasteiger partial charge < -0.3 is 14.9 Å². The second kappa shape index (κ2) is 3.73. The zero-order valence-corrected chi connectivity index (χ0v) is 7.90. The van der Waals surface area contributed by atoms with E-state index in [1.54, 1.807) is 6.92 Å². The molecule has 1 rings (SSSR count). The van der Waals surface area contributed by atoms with Crippen LogP contribution >= 0.6 is 0 Å². The molecule has 0 radical (unpaired) electrons. The minimum absolute atomic E-state index is 0.00815. The lowest BCUT2D eigenvalue weighted by Crippen LogP contribution is -2.48. The molecule has 0 amide bonds. The Morgan fingerprint density at radius 3 is 2.25 bits per heavy atom. The molecule has 3 heteroatoms. The molecule has 1 unspecified atom stereocenters. The molecule has 0 bridgehead atoms. The Kier molecular flexibility index (Phi) is 3.09. The van der Waals surface area contributed by atoms with Gasteiger partial charge in [-0.25, -0.2) is 0 Å². The quantitative estimate of drug-likeness (QED) is 0.616. The Bertz CT molecular complexity index is 144. The highest BCUT2D eigenvalue weighted by atomic mass is 16.6. The number of aliphatic hydroxyl groups is 2. The maximum absolute atomic E-state index is 9.68. The molecular weight excluding hydrogens is 156 g/mol. The van der Waals surface area contributed by atoms with Crippen molar-refractivity contribution in [3.8, 4) is 0 Å². The van der Waals surface area contributed by atoms with Gasteiger partial charge in [0.15, 0.2) is 6.29 Å². The van der Waals surface area contributed by atoms with Crippen LogP contribution in [0.15, 0.2) is 0 Å². The van der Waals surface area contributed by atoms with Crippen LogP contribution in [0.1, 0.15) is 27.2 Å². The van der Waals surface area contributed by atoms with Crippen LogP contribution in [-0.4, -0.2) is 28.7 Å². The lowest BCUT2D eigenvalue weighted by atomic mass is 9.85. The van der Waals surface area contributed by atoms with Crippen molar-refractivity contribution in [1.82, 2.24) is 0 Å². The minimum atomic E-state index is -0.804. The second-order valence-corrected chi connectivity index (χ2v) is 3.68. The summed E-state index contributed by atoms with van der Waals surface area (Å²) in [4.78, 5) is 0. The van der Waals surface area contributed by atoms with Crippen LogP contribution in [0.4, 0.5) is 0 Å². The van der Waals surface area contributed by atoms with Gasteiger partial charge in [0.25, 0.3) is 0 Å². The number of rotatable bonds is 1. The molecular formula is C9H18O3. The van der Waals surface area contributed by atoms with Gasteiger partial charge in [-0.1, -0.05) is 20.8 Å². The van der Waals surface area contributed by atoms with Crippen LogP contribution in [0.5, 0.6) is 0 Å². The van der Waals surface area contributed by atoms with Gasteiger partial charge in [0.2, 0.25) is 0 Å². The summed E-state index contributed by atoms with van der Waals surface area (Å²) in [5.74, 6) is -0.0591. The average molecular weight is 174 g/mol. The highest BCUT2D eigenvalue weighted by molar-refractivity contribution is 4.83. The number of ether oxygens (including phenoxy) is 1. The van der Waals surface area contributed by atoms with Gasteiger partial charge in [-0.3, -0.25) is 0 Å². The summed E-state index contributed by atoms with van der Waals surface area (Å²) >= 11 is 0. The summed E-state index contributed by atoms with van der Waals surface area (Å²) in [5.41, 5.74) is 0. The molecule has 5 atom stereocenters. The van der Waals surface area contributed by atoms with Crippen molar-refractivity contribution in [2.45, 2.75) is 45.7 Å². The maximum Gasteiger partial charge on any atom is 0.159 e. The van der Waals surface area contributed by atoms with Crippen LogP contribution in [0.2, 0.25) is 0 Å². The lowest BCUT2D eigenvalue weighted by Gasteiger charge is -2.40. The van der Waals surface area contributed by atoms with Crippen LogP contribution in [-0.2, 0) is 4.74 Å². The lowest BCUT2D eigenvalue weighted by molar-refractivity contribution is -0.241. The molecule has 0 aliphatic carbocycles. The van der Waals surface area contributed by atoms with E-state index < -0.39 is 12.4 Å². The Morgan fingerprint density at radius 1 is 1.17 bits per heavy atom. The number of hydrogen-bond donors (Lipinski definition) is 2. The predicted octanol–water partition coefficient (Wildman–Crippen LogP) is 0.747. The summed E-state index contributed by atoms with van der Waals surface area (Å²) in [6, 6.07) is 0. The van der Waals surface area contributed by atoms with E-state index in [0.29, 0.717) is 0 Å². The summed E-state index contributed by atoms with van der Waals surface area (Å²) < 4.78 is 5.33. The normalized spacial score (nSPS) is 49.2. The molecule has 0 saturated carbocycles. The maximum atomic E-state index is 9.68. The van der Waals surface area contributed by atoms with Crippen molar-refractivity contribution < 1.29 is 14.9 Å². The number of hydrogen-bond acceptors (Lipinski definition) is 3. The summed E-state index contributed by atoms with van der Waals surface area (Å²) in [5, 5.41) is 19.1. The third kappa shape index (κ3) is 1.63. The fraction of sp³-hybridized carbons (Fsp3) is 1.00. The molecule has 0 spiro atoms. The Hall–Kier alpha value is -0.120. The van der Waals surface area contributed by atoms with Crippen molar-refractivity contribution in [2.24, 2.45) is 11.8 Å². The molecule has 12 heavy (non-hydrogen) atoms. The van der Waals surface area contributed by atoms with Crippen molar-refractivity contribution in [1.29, 1.82) is 0 Å². The van der Waals surface area contributed by atoms with E-state index in [0.717, 1.165) is 6.42 Å². The Labute approximate surface area is 73.4 Å². The van der Waals surface area contributed by atoms with Gasteiger partial charge in [-0.15, -0.1) is 0 Å². The van der Waals surface area contributed by atoms with Gasteiger partial charge in [0, 0.05) is 11.8 Å². The molecule has 1 saturated heterocycles. The summed E-state index contributed by atoms with van der Waals surface area (Å²) in [6.45, 7) is 5.76. The first-order chi connectivity index (χ1) is 5.57. The highest BCUT2D eigenvalue weighted by Gasteiger charge is 2.38. The molecule has 72 valence electrons. The van der Waals surface area contributed by atoms with Crippen molar-refractivity contribution in [3.05, 3.63) is 0 Å². The van der Waals surface area contributed by atoms with E-state index in [1.165, 1.54) is 0 Å². The van der Waals surface area contributed by atoms with Gasteiger partial charge in [0.05, 0.1) is 12.2 Å².